The molecule has 1 aromatic heterocycles. The van der Waals surface area contributed by atoms with Crippen molar-refractivity contribution in [3.63, 3.8) is 0 Å². The molecular formula is C13H14BrFN2O2. The number of hydrogen-bond donors (Lipinski definition) is 2. The summed E-state index contributed by atoms with van der Waals surface area (Å²) in [5, 5.41) is 0.786. The predicted molar refractivity (Wildman–Crippen MR) is 74.5 cm³/mol. The van der Waals surface area contributed by atoms with E-state index in [2.05, 4.69) is 25.7 Å². The van der Waals surface area contributed by atoms with E-state index >= 15 is 0 Å². The molecule has 0 saturated heterocycles. The molecule has 102 valence electrons. The van der Waals surface area contributed by atoms with Crippen LogP contribution in [0.3, 0.4) is 0 Å². The van der Waals surface area contributed by atoms with E-state index in [1.807, 2.05) is 18.2 Å². The lowest BCUT2D eigenvalue weighted by atomic mass is 10.0. The zero-order chi connectivity index (χ0) is 14.0. The molecule has 19 heavy (non-hydrogen) atoms. The van der Waals surface area contributed by atoms with Gasteiger partial charge in [-0.25, -0.2) is 9.18 Å². The standard InChI is InChI=1S/C13H14BrFN2O2/c1-2-19-13(18)11(15)12(16)9-6-17-10-4-3-7(14)5-8(9)10/h3-6,11-12,17H,2,16H2,1H3/t11?,12-/m1/s1. The van der Waals surface area contributed by atoms with Crippen molar-refractivity contribution in [3.05, 3.63) is 34.4 Å². The maximum Gasteiger partial charge on any atom is 0.342 e. The van der Waals surface area contributed by atoms with Gasteiger partial charge in [-0.2, -0.15) is 0 Å². The molecule has 0 aliphatic carbocycles. The van der Waals surface area contributed by atoms with Gasteiger partial charge in [0.15, 0.2) is 0 Å². The summed E-state index contributed by atoms with van der Waals surface area (Å²) in [5.74, 6) is -0.931. The van der Waals surface area contributed by atoms with Crippen molar-refractivity contribution in [1.29, 1.82) is 0 Å². The summed E-state index contributed by atoms with van der Waals surface area (Å²) in [7, 11) is 0. The van der Waals surface area contributed by atoms with Gasteiger partial charge < -0.3 is 15.5 Å². The Hall–Kier alpha value is -1.40. The van der Waals surface area contributed by atoms with Crippen LogP contribution in [0.2, 0.25) is 0 Å². The highest BCUT2D eigenvalue weighted by molar-refractivity contribution is 9.10. The number of benzene rings is 1. The van der Waals surface area contributed by atoms with Crippen LogP contribution in [0.4, 0.5) is 4.39 Å². The molecule has 1 heterocycles. The minimum absolute atomic E-state index is 0.130. The largest absolute Gasteiger partial charge is 0.464 e. The fourth-order valence-electron chi connectivity index (χ4n) is 1.92. The van der Waals surface area contributed by atoms with Crippen molar-refractivity contribution in [2.24, 2.45) is 5.73 Å². The quantitative estimate of drug-likeness (QED) is 0.848. The van der Waals surface area contributed by atoms with Gasteiger partial charge in [-0.3, -0.25) is 0 Å². The molecule has 3 N–H and O–H groups in total. The van der Waals surface area contributed by atoms with Gasteiger partial charge in [0.2, 0.25) is 6.17 Å². The average Bonchev–Trinajstić information content (AvgIpc) is 2.80. The summed E-state index contributed by atoms with van der Waals surface area (Å²) in [6.45, 7) is 1.75. The van der Waals surface area contributed by atoms with E-state index in [1.165, 1.54) is 0 Å². The number of alkyl halides is 1. The van der Waals surface area contributed by atoms with Crippen molar-refractivity contribution in [2.75, 3.05) is 6.61 Å². The van der Waals surface area contributed by atoms with Crippen LogP contribution in [0.1, 0.15) is 18.5 Å². The Morgan fingerprint density at radius 3 is 3.00 bits per heavy atom. The SMILES string of the molecule is CCOC(=O)C(F)[C@H](N)c1c[nH]c2ccc(Br)cc12. The first kappa shape index (κ1) is 14.0. The second kappa shape index (κ2) is 5.71. The van der Waals surface area contributed by atoms with E-state index in [0.29, 0.717) is 5.56 Å². The lowest BCUT2D eigenvalue weighted by Crippen LogP contribution is -2.31. The molecule has 0 spiro atoms. The maximum absolute atomic E-state index is 13.9. The van der Waals surface area contributed by atoms with Crippen LogP contribution < -0.4 is 5.73 Å². The molecule has 1 aromatic carbocycles. The second-order valence-electron chi connectivity index (χ2n) is 4.11. The van der Waals surface area contributed by atoms with E-state index < -0.39 is 18.2 Å². The molecule has 0 fully saturated rings. The summed E-state index contributed by atoms with van der Waals surface area (Å²) in [6, 6.07) is 4.50. The Labute approximate surface area is 118 Å². The molecule has 4 nitrogen and oxygen atoms in total. The van der Waals surface area contributed by atoms with Gasteiger partial charge >= 0.3 is 5.97 Å². The number of carbonyl (C=O) groups excluding carboxylic acids is 1. The van der Waals surface area contributed by atoms with E-state index in [4.69, 9.17) is 5.73 Å². The third kappa shape index (κ3) is 2.79. The first-order valence-corrected chi connectivity index (χ1v) is 6.66. The molecule has 2 rings (SSSR count). The lowest BCUT2D eigenvalue weighted by Gasteiger charge is -2.15. The van der Waals surface area contributed by atoms with Gasteiger partial charge in [0.1, 0.15) is 0 Å². The Kier molecular flexibility index (Phi) is 4.21. The number of nitrogens with one attached hydrogen (secondary N) is 1. The number of nitrogens with two attached hydrogens (primary N) is 1. The lowest BCUT2D eigenvalue weighted by molar-refractivity contribution is -0.149. The molecule has 0 saturated carbocycles. The molecule has 6 heteroatoms. The molecule has 0 aliphatic rings. The number of halogens is 2. The van der Waals surface area contributed by atoms with Crippen LogP contribution in [0.5, 0.6) is 0 Å². The van der Waals surface area contributed by atoms with Gasteiger partial charge in [-0.15, -0.1) is 0 Å². The first-order chi connectivity index (χ1) is 9.04. The number of carbonyl (C=O) groups is 1. The van der Waals surface area contributed by atoms with Crippen LogP contribution in [0.15, 0.2) is 28.9 Å². The molecule has 0 amide bonds. The van der Waals surface area contributed by atoms with E-state index in [9.17, 15) is 9.18 Å². The first-order valence-electron chi connectivity index (χ1n) is 5.87. The molecule has 1 unspecified atom stereocenters. The summed E-state index contributed by atoms with van der Waals surface area (Å²) in [4.78, 5) is 14.4. The number of ether oxygens (including phenoxy) is 1. The average molecular weight is 329 g/mol. The monoisotopic (exact) mass is 328 g/mol. The predicted octanol–water partition coefficient (Wildman–Crippen LogP) is 2.83. The van der Waals surface area contributed by atoms with Gasteiger partial charge in [-0.1, -0.05) is 15.9 Å². The van der Waals surface area contributed by atoms with Gasteiger partial charge in [0.05, 0.1) is 12.6 Å². The van der Waals surface area contributed by atoms with Crippen molar-refractivity contribution < 1.29 is 13.9 Å². The van der Waals surface area contributed by atoms with Crippen molar-refractivity contribution in [2.45, 2.75) is 19.1 Å². The topological polar surface area (TPSA) is 68.1 Å². The Morgan fingerprint density at radius 2 is 2.32 bits per heavy atom. The van der Waals surface area contributed by atoms with Gasteiger partial charge in [-0.05, 0) is 30.7 Å². The summed E-state index contributed by atoms with van der Waals surface area (Å²) >= 11 is 3.35. The molecule has 2 aromatic rings. The van der Waals surface area contributed by atoms with Gasteiger partial charge in [0, 0.05) is 21.6 Å². The fourth-order valence-corrected chi connectivity index (χ4v) is 2.28. The normalized spacial score (nSPS) is 14.3. The zero-order valence-electron chi connectivity index (χ0n) is 10.3. The highest BCUT2D eigenvalue weighted by Crippen LogP contribution is 2.28. The second-order valence-corrected chi connectivity index (χ2v) is 5.03. The molecule has 0 bridgehead atoms. The van der Waals surface area contributed by atoms with E-state index in [-0.39, 0.29) is 6.61 Å². The van der Waals surface area contributed by atoms with E-state index in [0.717, 1.165) is 15.4 Å². The molecular weight excluding hydrogens is 315 g/mol. The highest BCUT2D eigenvalue weighted by atomic mass is 79.9. The number of esters is 1. The summed E-state index contributed by atoms with van der Waals surface area (Å²) in [5.41, 5.74) is 7.21. The van der Waals surface area contributed by atoms with Crippen molar-refractivity contribution in [3.8, 4) is 0 Å². The molecule has 0 radical (unpaired) electrons. The number of rotatable bonds is 4. The smallest absolute Gasteiger partial charge is 0.342 e. The number of hydrogen-bond acceptors (Lipinski definition) is 3. The fraction of sp³-hybridized carbons (Fsp3) is 0.308. The number of aromatic amines is 1. The number of fused-ring (bicyclic) bond motifs is 1. The van der Waals surface area contributed by atoms with Gasteiger partial charge in [0.25, 0.3) is 0 Å². The van der Waals surface area contributed by atoms with Crippen molar-refractivity contribution in [1.82, 2.24) is 4.98 Å². The molecule has 0 aliphatic heterocycles. The Balaban J connectivity index is 2.33. The third-order valence-corrected chi connectivity index (χ3v) is 3.36. The van der Waals surface area contributed by atoms with Crippen LogP contribution in [0, 0.1) is 0 Å². The van der Waals surface area contributed by atoms with Crippen LogP contribution in [-0.2, 0) is 9.53 Å². The number of aromatic nitrogens is 1. The highest BCUT2D eigenvalue weighted by Gasteiger charge is 2.29. The van der Waals surface area contributed by atoms with Crippen LogP contribution >= 0.6 is 15.9 Å². The minimum Gasteiger partial charge on any atom is -0.464 e. The maximum atomic E-state index is 13.9. The summed E-state index contributed by atoms with van der Waals surface area (Å²) < 4.78 is 19.4. The van der Waals surface area contributed by atoms with E-state index in [1.54, 1.807) is 13.1 Å². The zero-order valence-corrected chi connectivity index (χ0v) is 11.9. The Bertz CT molecular complexity index is 599. The molecule has 2 atom stereocenters. The van der Waals surface area contributed by atoms with Crippen molar-refractivity contribution >= 4 is 32.8 Å². The number of H-pyrrole nitrogens is 1. The minimum atomic E-state index is -1.88. The summed E-state index contributed by atoms with van der Waals surface area (Å²) in [6.07, 6.45) is -0.258. The third-order valence-electron chi connectivity index (χ3n) is 2.86. The van der Waals surface area contributed by atoms with Crippen LogP contribution in [-0.4, -0.2) is 23.7 Å². The Morgan fingerprint density at radius 1 is 1.58 bits per heavy atom. The van der Waals surface area contributed by atoms with Crippen LogP contribution in [0.25, 0.3) is 10.9 Å².